The molecule has 3 nitrogen and oxygen atoms in total. The van der Waals surface area contributed by atoms with Crippen molar-refractivity contribution in [3.05, 3.63) is 17.5 Å². The van der Waals surface area contributed by atoms with E-state index >= 15 is 0 Å². The number of rotatable bonds is 2. The molecule has 0 aromatic carbocycles. The van der Waals surface area contributed by atoms with Crippen LogP contribution >= 0.6 is 0 Å². The zero-order chi connectivity index (χ0) is 11.5. The molecular weight excluding hydrogens is 200 g/mol. The summed E-state index contributed by atoms with van der Waals surface area (Å²) in [6, 6.07) is 2.16. The van der Waals surface area contributed by atoms with Crippen molar-refractivity contribution in [2.24, 2.45) is 13.0 Å². The number of nitrogens with zero attached hydrogens (tertiary/aromatic N) is 2. The van der Waals surface area contributed by atoms with Gasteiger partial charge in [-0.2, -0.15) is 5.10 Å². The minimum Gasteiger partial charge on any atom is -0.393 e. The summed E-state index contributed by atoms with van der Waals surface area (Å²) < 4.78 is 1.98. The Morgan fingerprint density at radius 1 is 1.44 bits per heavy atom. The van der Waals surface area contributed by atoms with Crippen LogP contribution in [0, 0.1) is 12.8 Å². The Morgan fingerprint density at radius 3 is 2.88 bits per heavy atom. The molecule has 1 aliphatic carbocycles. The summed E-state index contributed by atoms with van der Waals surface area (Å²) >= 11 is 0. The van der Waals surface area contributed by atoms with Gasteiger partial charge in [-0.05, 0) is 44.6 Å². The lowest BCUT2D eigenvalue weighted by molar-refractivity contribution is 0.141. The largest absolute Gasteiger partial charge is 0.393 e. The molecule has 0 saturated heterocycles. The molecule has 0 radical (unpaired) electrons. The van der Waals surface area contributed by atoms with Crippen LogP contribution in [-0.2, 0) is 13.5 Å². The van der Waals surface area contributed by atoms with Crippen LogP contribution in [0.4, 0.5) is 0 Å². The molecule has 1 saturated carbocycles. The number of hydrogen-bond acceptors (Lipinski definition) is 2. The van der Waals surface area contributed by atoms with Crippen LogP contribution in [0.15, 0.2) is 6.07 Å². The van der Waals surface area contributed by atoms with Crippen LogP contribution in [0.5, 0.6) is 0 Å². The third kappa shape index (κ3) is 2.85. The Labute approximate surface area is 97.5 Å². The van der Waals surface area contributed by atoms with Gasteiger partial charge < -0.3 is 5.11 Å². The molecule has 0 amide bonds. The summed E-state index contributed by atoms with van der Waals surface area (Å²) in [5.41, 5.74) is 2.39. The van der Waals surface area contributed by atoms with Crippen molar-refractivity contribution in [2.75, 3.05) is 0 Å². The van der Waals surface area contributed by atoms with E-state index in [2.05, 4.69) is 11.2 Å². The maximum atomic E-state index is 9.79. The molecule has 2 atom stereocenters. The Hall–Kier alpha value is -0.830. The Kier molecular flexibility index (Phi) is 3.64. The van der Waals surface area contributed by atoms with Gasteiger partial charge in [0.2, 0.25) is 0 Å². The second-order valence-corrected chi connectivity index (χ2v) is 5.14. The van der Waals surface area contributed by atoms with E-state index < -0.39 is 0 Å². The fourth-order valence-corrected chi connectivity index (χ4v) is 2.77. The molecule has 2 unspecified atom stereocenters. The molecular formula is C13H22N2O. The van der Waals surface area contributed by atoms with E-state index in [1.54, 1.807) is 0 Å². The fraction of sp³-hybridized carbons (Fsp3) is 0.769. The van der Waals surface area contributed by atoms with Gasteiger partial charge in [0, 0.05) is 12.7 Å². The maximum Gasteiger partial charge on any atom is 0.0596 e. The molecule has 1 fully saturated rings. The van der Waals surface area contributed by atoms with Crippen LogP contribution in [-0.4, -0.2) is 21.0 Å². The highest BCUT2D eigenvalue weighted by Gasteiger charge is 2.19. The molecule has 0 aliphatic heterocycles. The van der Waals surface area contributed by atoms with Gasteiger partial charge in [-0.3, -0.25) is 4.68 Å². The summed E-state index contributed by atoms with van der Waals surface area (Å²) in [6.45, 7) is 2.03. The lowest BCUT2D eigenvalue weighted by atomic mass is 9.94. The summed E-state index contributed by atoms with van der Waals surface area (Å²) in [5, 5.41) is 14.2. The van der Waals surface area contributed by atoms with E-state index in [0.717, 1.165) is 25.0 Å². The van der Waals surface area contributed by atoms with Crippen LogP contribution in [0.1, 0.15) is 43.5 Å². The highest BCUT2D eigenvalue weighted by molar-refractivity contribution is 5.09. The van der Waals surface area contributed by atoms with E-state index in [0.29, 0.717) is 5.92 Å². The van der Waals surface area contributed by atoms with Gasteiger partial charge in [0.15, 0.2) is 0 Å². The van der Waals surface area contributed by atoms with E-state index in [9.17, 15) is 5.11 Å². The van der Waals surface area contributed by atoms with E-state index in [4.69, 9.17) is 0 Å². The Bertz CT molecular complexity index is 346. The molecule has 3 heteroatoms. The second kappa shape index (κ2) is 5.00. The molecule has 1 aromatic heterocycles. The molecule has 90 valence electrons. The van der Waals surface area contributed by atoms with Gasteiger partial charge in [-0.1, -0.05) is 12.8 Å². The molecule has 2 rings (SSSR count). The smallest absolute Gasteiger partial charge is 0.0596 e. The van der Waals surface area contributed by atoms with Crippen molar-refractivity contribution < 1.29 is 5.11 Å². The Balaban J connectivity index is 2.00. The van der Waals surface area contributed by atoms with Gasteiger partial charge >= 0.3 is 0 Å². The molecule has 0 spiro atoms. The van der Waals surface area contributed by atoms with Gasteiger partial charge in [-0.25, -0.2) is 0 Å². The topological polar surface area (TPSA) is 38.0 Å². The number of hydrogen-bond donors (Lipinski definition) is 1. The number of aliphatic hydroxyl groups excluding tert-OH is 1. The van der Waals surface area contributed by atoms with E-state index in [-0.39, 0.29) is 6.10 Å². The summed E-state index contributed by atoms with van der Waals surface area (Å²) in [5.74, 6) is 0.632. The van der Waals surface area contributed by atoms with Gasteiger partial charge in [0.25, 0.3) is 0 Å². The van der Waals surface area contributed by atoms with Crippen LogP contribution < -0.4 is 0 Å². The molecule has 1 N–H and O–H groups in total. The summed E-state index contributed by atoms with van der Waals surface area (Å²) in [6.07, 6.45) is 6.63. The monoisotopic (exact) mass is 222 g/mol. The average molecular weight is 222 g/mol. The van der Waals surface area contributed by atoms with Crippen LogP contribution in [0.25, 0.3) is 0 Å². The van der Waals surface area contributed by atoms with Crippen molar-refractivity contribution in [3.63, 3.8) is 0 Å². The minimum absolute atomic E-state index is 0.0816. The molecule has 16 heavy (non-hydrogen) atoms. The normalized spacial score (nSPS) is 26.7. The molecule has 1 aliphatic rings. The van der Waals surface area contributed by atoms with Gasteiger partial charge in [0.05, 0.1) is 11.8 Å². The van der Waals surface area contributed by atoms with Crippen LogP contribution in [0.2, 0.25) is 0 Å². The van der Waals surface area contributed by atoms with Crippen molar-refractivity contribution in [1.82, 2.24) is 9.78 Å². The zero-order valence-corrected chi connectivity index (χ0v) is 10.3. The maximum absolute atomic E-state index is 9.79. The van der Waals surface area contributed by atoms with Crippen molar-refractivity contribution in [2.45, 2.75) is 51.6 Å². The first-order valence-electron chi connectivity index (χ1n) is 6.32. The van der Waals surface area contributed by atoms with Crippen LogP contribution in [0.3, 0.4) is 0 Å². The average Bonchev–Trinajstić information content (AvgIpc) is 2.42. The third-order valence-corrected chi connectivity index (χ3v) is 3.60. The van der Waals surface area contributed by atoms with Crippen molar-refractivity contribution in [3.8, 4) is 0 Å². The summed E-state index contributed by atoms with van der Waals surface area (Å²) in [4.78, 5) is 0. The standard InChI is InChI=1S/C13H22N2O/c1-10-7-12(15(2)14-10)8-11-5-3-4-6-13(16)9-11/h7,11,13,16H,3-6,8-9H2,1-2H3. The molecule has 0 bridgehead atoms. The third-order valence-electron chi connectivity index (χ3n) is 3.60. The second-order valence-electron chi connectivity index (χ2n) is 5.14. The highest BCUT2D eigenvalue weighted by atomic mass is 16.3. The van der Waals surface area contributed by atoms with Crippen molar-refractivity contribution >= 4 is 0 Å². The first kappa shape index (κ1) is 11.6. The Morgan fingerprint density at radius 2 is 2.19 bits per heavy atom. The predicted molar refractivity (Wildman–Crippen MR) is 64.2 cm³/mol. The zero-order valence-electron chi connectivity index (χ0n) is 10.3. The summed E-state index contributed by atoms with van der Waals surface area (Å²) in [7, 11) is 2.01. The number of aliphatic hydroxyl groups is 1. The lowest BCUT2D eigenvalue weighted by Crippen LogP contribution is -2.14. The van der Waals surface area contributed by atoms with Gasteiger partial charge in [-0.15, -0.1) is 0 Å². The van der Waals surface area contributed by atoms with Crippen molar-refractivity contribution in [1.29, 1.82) is 0 Å². The SMILES string of the molecule is Cc1cc(CC2CCCCC(O)C2)n(C)n1. The quantitative estimate of drug-likeness (QED) is 0.779. The number of aromatic nitrogens is 2. The molecule has 1 aromatic rings. The molecule has 1 heterocycles. The lowest BCUT2D eigenvalue weighted by Gasteiger charge is -2.16. The predicted octanol–water partition coefficient (Wildman–Crippen LogP) is 2.21. The van der Waals surface area contributed by atoms with E-state index in [1.807, 2.05) is 18.7 Å². The first-order valence-corrected chi connectivity index (χ1v) is 6.32. The van der Waals surface area contributed by atoms with Gasteiger partial charge in [0.1, 0.15) is 0 Å². The first-order chi connectivity index (χ1) is 7.65. The van der Waals surface area contributed by atoms with E-state index in [1.165, 1.54) is 25.0 Å². The number of aryl methyl sites for hydroxylation is 2. The minimum atomic E-state index is -0.0816. The highest BCUT2D eigenvalue weighted by Crippen LogP contribution is 2.26. The fourth-order valence-electron chi connectivity index (χ4n) is 2.77.